The van der Waals surface area contributed by atoms with E-state index in [2.05, 4.69) is 4.98 Å². The first kappa shape index (κ1) is 23.8. The Hall–Kier alpha value is -2.32. The summed E-state index contributed by atoms with van der Waals surface area (Å²) in [4.78, 5) is 16.4. The Morgan fingerprint density at radius 1 is 1.21 bits per heavy atom. The number of imidazole rings is 1. The van der Waals surface area contributed by atoms with Gasteiger partial charge in [-0.3, -0.25) is 9.20 Å². The van der Waals surface area contributed by atoms with Crippen LogP contribution in [0.15, 0.2) is 36.5 Å². The highest BCUT2D eigenvalue weighted by Gasteiger charge is 2.17. The summed E-state index contributed by atoms with van der Waals surface area (Å²) in [6, 6.07) is 9.14. The van der Waals surface area contributed by atoms with E-state index in [0.29, 0.717) is 47.0 Å². The number of aromatic nitrogens is 2. The zero-order valence-electron chi connectivity index (χ0n) is 18.4. The van der Waals surface area contributed by atoms with Gasteiger partial charge in [-0.1, -0.05) is 29.3 Å². The number of pyridine rings is 1. The van der Waals surface area contributed by atoms with Gasteiger partial charge in [-0.2, -0.15) is 0 Å². The first-order valence-corrected chi connectivity index (χ1v) is 11.8. The van der Waals surface area contributed by atoms with Gasteiger partial charge in [0.1, 0.15) is 18.0 Å². The molecule has 9 heteroatoms. The minimum atomic E-state index is -0.316. The van der Waals surface area contributed by atoms with Gasteiger partial charge in [-0.25, -0.2) is 4.98 Å². The number of carbonyl (C=O) groups excluding carboxylic acids is 1. The third-order valence-corrected chi connectivity index (χ3v) is 5.86. The van der Waals surface area contributed by atoms with Crippen molar-refractivity contribution < 1.29 is 23.7 Å². The second-order valence-corrected chi connectivity index (χ2v) is 8.45. The maximum atomic E-state index is 11.9. The van der Waals surface area contributed by atoms with Crippen molar-refractivity contribution in [3.05, 3.63) is 52.3 Å². The van der Waals surface area contributed by atoms with E-state index < -0.39 is 0 Å². The number of halogens is 2. The summed E-state index contributed by atoms with van der Waals surface area (Å²) in [5, 5.41) is 0.894. The highest BCUT2D eigenvalue weighted by molar-refractivity contribution is 6.37. The number of nitrogens with zero attached hydrogens (tertiary/aromatic N) is 2. The van der Waals surface area contributed by atoms with Crippen molar-refractivity contribution in [3.63, 3.8) is 0 Å². The summed E-state index contributed by atoms with van der Waals surface area (Å²) in [5.74, 6) is 0.191. The van der Waals surface area contributed by atoms with E-state index in [9.17, 15) is 4.79 Å². The van der Waals surface area contributed by atoms with Crippen LogP contribution in [-0.4, -0.2) is 48.1 Å². The molecule has 1 atom stereocenters. The first-order valence-electron chi connectivity index (χ1n) is 11.0. The van der Waals surface area contributed by atoms with Crippen LogP contribution in [-0.2, 0) is 25.4 Å². The number of esters is 1. The second-order valence-electron chi connectivity index (χ2n) is 7.63. The van der Waals surface area contributed by atoms with Crippen molar-refractivity contribution in [2.45, 2.75) is 38.9 Å². The van der Waals surface area contributed by atoms with Crippen molar-refractivity contribution in [1.82, 2.24) is 9.38 Å². The van der Waals surface area contributed by atoms with Crippen molar-refractivity contribution in [2.75, 3.05) is 26.4 Å². The molecule has 33 heavy (non-hydrogen) atoms. The van der Waals surface area contributed by atoms with E-state index in [0.717, 1.165) is 37.1 Å². The summed E-state index contributed by atoms with van der Waals surface area (Å²) >= 11 is 12.9. The van der Waals surface area contributed by atoms with E-state index >= 15 is 0 Å². The highest BCUT2D eigenvalue weighted by atomic mass is 35.5. The fraction of sp³-hybridized carbons (Fsp3) is 0.417. The Balaban J connectivity index is 1.52. The normalized spacial score (nSPS) is 16.2. The molecule has 4 rings (SSSR count). The molecule has 0 aliphatic carbocycles. The Bertz CT molecular complexity index is 1110. The van der Waals surface area contributed by atoms with Gasteiger partial charge in [0.2, 0.25) is 0 Å². The number of fused-ring (bicyclic) bond motifs is 1. The zero-order valence-corrected chi connectivity index (χ0v) is 19.9. The molecule has 1 aliphatic heterocycles. The molecule has 176 valence electrons. The van der Waals surface area contributed by atoms with Crippen LogP contribution in [0, 0.1) is 0 Å². The highest BCUT2D eigenvalue weighted by Crippen LogP contribution is 2.37. The molecule has 0 bridgehead atoms. The molecule has 0 saturated carbocycles. The number of carbonyl (C=O) groups is 1. The van der Waals surface area contributed by atoms with E-state index in [1.54, 1.807) is 13.0 Å². The lowest BCUT2D eigenvalue weighted by Crippen LogP contribution is -2.24. The molecule has 1 saturated heterocycles. The fourth-order valence-corrected chi connectivity index (χ4v) is 4.27. The molecule has 2 aromatic heterocycles. The topological polar surface area (TPSA) is 71.3 Å². The largest absolute Gasteiger partial charge is 0.490 e. The van der Waals surface area contributed by atoms with Crippen LogP contribution in [0.1, 0.15) is 31.9 Å². The van der Waals surface area contributed by atoms with E-state index in [1.165, 1.54) is 0 Å². The molecular weight excluding hydrogens is 467 g/mol. The molecule has 0 N–H and O–H groups in total. The minimum absolute atomic E-state index is 0.0996. The van der Waals surface area contributed by atoms with Gasteiger partial charge in [0, 0.05) is 18.4 Å². The third-order valence-electron chi connectivity index (χ3n) is 5.25. The average molecular weight is 493 g/mol. The van der Waals surface area contributed by atoms with Crippen LogP contribution >= 0.6 is 23.2 Å². The number of rotatable bonds is 9. The van der Waals surface area contributed by atoms with Crippen LogP contribution in [0.5, 0.6) is 5.75 Å². The molecule has 1 fully saturated rings. The van der Waals surface area contributed by atoms with Crippen LogP contribution in [0.2, 0.25) is 10.0 Å². The van der Waals surface area contributed by atoms with Crippen LogP contribution in [0.3, 0.4) is 0 Å². The Morgan fingerprint density at radius 2 is 2.09 bits per heavy atom. The predicted molar refractivity (Wildman–Crippen MR) is 126 cm³/mol. The zero-order chi connectivity index (χ0) is 23.2. The van der Waals surface area contributed by atoms with Gasteiger partial charge in [0.25, 0.3) is 0 Å². The van der Waals surface area contributed by atoms with Gasteiger partial charge in [-0.05, 0) is 50.5 Å². The third kappa shape index (κ3) is 5.98. The predicted octanol–water partition coefficient (Wildman–Crippen LogP) is 5.34. The van der Waals surface area contributed by atoms with E-state index in [1.807, 2.05) is 34.9 Å². The number of benzene rings is 1. The maximum Gasteiger partial charge on any atom is 0.311 e. The van der Waals surface area contributed by atoms with Gasteiger partial charge < -0.3 is 18.9 Å². The maximum absolute atomic E-state index is 11.9. The van der Waals surface area contributed by atoms with E-state index in [4.69, 9.17) is 42.1 Å². The summed E-state index contributed by atoms with van der Waals surface area (Å²) in [6.45, 7) is 3.57. The molecule has 3 aromatic rings. The second kappa shape index (κ2) is 11.2. The lowest BCUT2D eigenvalue weighted by atomic mass is 10.1. The molecule has 7 nitrogen and oxygen atoms in total. The molecular formula is C24H26Cl2N2O5. The van der Waals surface area contributed by atoms with Crippen LogP contribution < -0.4 is 4.74 Å². The van der Waals surface area contributed by atoms with Crippen LogP contribution in [0.4, 0.5) is 0 Å². The standard InChI is InChI=1S/C24H26Cl2N2O5/c1-2-30-23(29)12-16-15-28-20(6-5-7-22(28)27-16)17-13-21(19(26)14-18(17)25)31-10-11-33-24-8-3-4-9-32-24/h5-7,13-15,24H,2-4,8-12H2,1H3. The van der Waals surface area contributed by atoms with Gasteiger partial charge >= 0.3 is 5.97 Å². The fourth-order valence-electron chi connectivity index (χ4n) is 3.74. The van der Waals surface area contributed by atoms with Gasteiger partial charge in [0.05, 0.1) is 41.1 Å². The molecule has 1 aliphatic rings. The van der Waals surface area contributed by atoms with Gasteiger partial charge in [0.15, 0.2) is 6.29 Å². The minimum Gasteiger partial charge on any atom is -0.490 e. The smallest absolute Gasteiger partial charge is 0.311 e. The number of hydrogen-bond acceptors (Lipinski definition) is 6. The molecule has 1 unspecified atom stereocenters. The summed E-state index contributed by atoms with van der Waals surface area (Å²) in [5.41, 5.74) is 2.84. The monoisotopic (exact) mass is 492 g/mol. The van der Waals surface area contributed by atoms with Crippen LogP contribution in [0.25, 0.3) is 16.9 Å². The van der Waals surface area contributed by atoms with E-state index in [-0.39, 0.29) is 18.7 Å². The molecule has 0 spiro atoms. The quantitative estimate of drug-likeness (QED) is 0.296. The molecule has 0 radical (unpaired) electrons. The van der Waals surface area contributed by atoms with Crippen molar-refractivity contribution in [2.24, 2.45) is 0 Å². The van der Waals surface area contributed by atoms with Crippen molar-refractivity contribution in [1.29, 1.82) is 0 Å². The van der Waals surface area contributed by atoms with Crippen molar-refractivity contribution >= 4 is 34.8 Å². The summed E-state index contributed by atoms with van der Waals surface area (Å²) < 4.78 is 24.1. The van der Waals surface area contributed by atoms with Gasteiger partial charge in [-0.15, -0.1) is 0 Å². The average Bonchev–Trinajstić information content (AvgIpc) is 3.21. The SMILES string of the molecule is CCOC(=O)Cc1cn2c(-c3cc(OCCOC4CCCCO4)c(Cl)cc3Cl)cccc2n1. The Morgan fingerprint density at radius 3 is 2.88 bits per heavy atom. The number of ether oxygens (including phenoxy) is 4. The molecule has 3 heterocycles. The number of hydrogen-bond donors (Lipinski definition) is 0. The summed E-state index contributed by atoms with van der Waals surface area (Å²) in [7, 11) is 0. The Labute approximate surface area is 202 Å². The lowest BCUT2D eigenvalue weighted by molar-refractivity contribution is -0.165. The molecule has 0 amide bonds. The first-order chi connectivity index (χ1) is 16.0. The lowest BCUT2D eigenvalue weighted by Gasteiger charge is -2.22. The summed E-state index contributed by atoms with van der Waals surface area (Å²) in [6.07, 6.45) is 4.83. The Kier molecular flexibility index (Phi) is 8.09. The van der Waals surface area contributed by atoms with Crippen molar-refractivity contribution in [3.8, 4) is 17.0 Å². The molecule has 1 aromatic carbocycles.